The van der Waals surface area contributed by atoms with Gasteiger partial charge >= 0.3 is 12.1 Å². The molecule has 1 aromatic rings. The Morgan fingerprint density at radius 2 is 2.05 bits per heavy atom. The number of hydrogen-bond donors (Lipinski definition) is 2. The van der Waals surface area contributed by atoms with Crippen molar-refractivity contribution in [2.75, 3.05) is 13.7 Å². The molecule has 1 atom stereocenters. The van der Waals surface area contributed by atoms with E-state index in [0.29, 0.717) is 12.0 Å². The van der Waals surface area contributed by atoms with Gasteiger partial charge in [-0.1, -0.05) is 48.6 Å². The summed E-state index contributed by atoms with van der Waals surface area (Å²) in [6, 6.07) is 9.31. The van der Waals surface area contributed by atoms with Crippen LogP contribution in [0.25, 0.3) is 5.57 Å². The van der Waals surface area contributed by atoms with Crippen LogP contribution in [0.4, 0.5) is 4.79 Å². The molecule has 0 fully saturated rings. The van der Waals surface area contributed by atoms with Crippen LogP contribution in [0.1, 0.15) is 12.0 Å². The summed E-state index contributed by atoms with van der Waals surface area (Å²) in [5.41, 5.74) is 0.315. The third-order valence-corrected chi connectivity index (χ3v) is 3.59. The maximum Gasteiger partial charge on any atom is 0.406 e. The first-order valence-electron chi connectivity index (χ1n) is 6.58. The second-order valence-corrected chi connectivity index (χ2v) is 4.81. The normalized spacial score (nSPS) is 20.5. The summed E-state index contributed by atoms with van der Waals surface area (Å²) in [5, 5.41) is 12.2. The molecule has 0 bridgehead atoms. The molecular weight excluding hydrogens is 270 g/mol. The Balaban J connectivity index is 2.38. The fraction of sp³-hybridized carbons (Fsp3) is 0.250. The number of ether oxygens (including phenoxy) is 1. The Kier molecular flexibility index (Phi) is 4.42. The van der Waals surface area contributed by atoms with Crippen molar-refractivity contribution in [3.8, 4) is 0 Å². The monoisotopic (exact) mass is 287 g/mol. The number of carbonyl (C=O) groups excluding carboxylic acids is 1. The van der Waals surface area contributed by atoms with Gasteiger partial charge in [-0.15, -0.1) is 0 Å². The molecule has 2 rings (SSSR count). The minimum Gasteiger partial charge on any atom is -0.481 e. The zero-order valence-corrected chi connectivity index (χ0v) is 11.7. The fourth-order valence-electron chi connectivity index (χ4n) is 2.43. The number of rotatable bonds is 4. The van der Waals surface area contributed by atoms with Crippen LogP contribution >= 0.6 is 0 Å². The van der Waals surface area contributed by atoms with E-state index in [9.17, 15) is 14.7 Å². The number of carboxylic acid groups (broad SMARTS) is 1. The molecule has 1 aliphatic carbocycles. The third kappa shape index (κ3) is 2.97. The fourth-order valence-corrected chi connectivity index (χ4v) is 2.43. The number of aliphatic carboxylic acids is 1. The smallest absolute Gasteiger partial charge is 0.406 e. The summed E-state index contributed by atoms with van der Waals surface area (Å²) < 4.78 is 4.53. The topological polar surface area (TPSA) is 75.6 Å². The van der Waals surface area contributed by atoms with Gasteiger partial charge in [-0.3, -0.25) is 4.79 Å². The van der Waals surface area contributed by atoms with Gasteiger partial charge in [0.1, 0.15) is 5.41 Å². The van der Waals surface area contributed by atoms with Crippen molar-refractivity contribution in [3.05, 3.63) is 54.1 Å². The average molecular weight is 287 g/mol. The summed E-state index contributed by atoms with van der Waals surface area (Å²) >= 11 is 0. The molecule has 1 amide bonds. The van der Waals surface area contributed by atoms with Crippen molar-refractivity contribution < 1.29 is 19.4 Å². The second kappa shape index (κ2) is 6.26. The van der Waals surface area contributed by atoms with E-state index < -0.39 is 17.5 Å². The Morgan fingerprint density at radius 3 is 2.67 bits per heavy atom. The zero-order valence-electron chi connectivity index (χ0n) is 11.7. The first-order chi connectivity index (χ1) is 10.1. The molecule has 2 N–H and O–H groups in total. The van der Waals surface area contributed by atoms with Crippen LogP contribution in [0, 0.1) is 5.41 Å². The van der Waals surface area contributed by atoms with E-state index in [1.54, 1.807) is 12.2 Å². The molecule has 5 nitrogen and oxygen atoms in total. The number of alkyl carbamates (subject to hydrolysis) is 1. The number of methoxy groups -OCH3 is 1. The summed E-state index contributed by atoms with van der Waals surface area (Å²) in [4.78, 5) is 23.2. The number of benzene rings is 1. The summed E-state index contributed by atoms with van der Waals surface area (Å²) in [6.45, 7) is -0.0277. The first-order valence-corrected chi connectivity index (χ1v) is 6.58. The summed E-state index contributed by atoms with van der Waals surface area (Å²) in [7, 11) is 1.25. The van der Waals surface area contributed by atoms with Gasteiger partial charge in [0.15, 0.2) is 0 Å². The Morgan fingerprint density at radius 1 is 1.33 bits per heavy atom. The highest BCUT2D eigenvalue weighted by molar-refractivity contribution is 5.94. The van der Waals surface area contributed by atoms with Crippen molar-refractivity contribution in [1.29, 1.82) is 0 Å². The van der Waals surface area contributed by atoms with Crippen LogP contribution in [0.15, 0.2) is 48.6 Å². The van der Waals surface area contributed by atoms with E-state index in [1.165, 1.54) is 7.11 Å². The molecule has 0 heterocycles. The minimum atomic E-state index is -1.19. The van der Waals surface area contributed by atoms with Gasteiger partial charge in [0.25, 0.3) is 0 Å². The lowest BCUT2D eigenvalue weighted by Gasteiger charge is -2.33. The number of allylic oxidation sites excluding steroid dienone is 3. The Labute approximate surface area is 122 Å². The van der Waals surface area contributed by atoms with Gasteiger partial charge < -0.3 is 15.2 Å². The maximum absolute atomic E-state index is 11.9. The van der Waals surface area contributed by atoms with Gasteiger partial charge in [-0.25, -0.2) is 4.79 Å². The van der Waals surface area contributed by atoms with Gasteiger partial charge in [-0.2, -0.15) is 0 Å². The first kappa shape index (κ1) is 14.8. The SMILES string of the molecule is COC(=O)NCC1(C(=O)O)CC=CC=C1c1ccccc1. The number of amides is 1. The van der Waals surface area contributed by atoms with Crippen LogP contribution in [0.2, 0.25) is 0 Å². The van der Waals surface area contributed by atoms with Crippen molar-refractivity contribution in [2.45, 2.75) is 6.42 Å². The minimum absolute atomic E-state index is 0.0277. The number of carbonyl (C=O) groups is 2. The van der Waals surface area contributed by atoms with E-state index in [4.69, 9.17) is 0 Å². The van der Waals surface area contributed by atoms with Crippen molar-refractivity contribution in [2.24, 2.45) is 5.41 Å². The zero-order chi connectivity index (χ0) is 15.3. The van der Waals surface area contributed by atoms with Gasteiger partial charge in [0.2, 0.25) is 0 Å². The highest BCUT2D eigenvalue weighted by Crippen LogP contribution is 2.41. The summed E-state index contributed by atoms with van der Waals surface area (Å²) in [5.74, 6) is -0.974. The number of nitrogens with one attached hydrogen (secondary N) is 1. The van der Waals surface area contributed by atoms with Gasteiger partial charge in [0, 0.05) is 6.54 Å². The lowest BCUT2D eigenvalue weighted by atomic mass is 9.72. The predicted octanol–water partition coefficient (Wildman–Crippen LogP) is 2.46. The molecular formula is C16H17NO4. The standard InChI is InChI=1S/C16H17NO4/c1-21-15(20)17-11-16(14(18)19)10-6-5-9-13(16)12-7-3-2-4-8-12/h2-9H,10-11H2,1H3,(H,17,20)(H,18,19). The number of hydrogen-bond acceptors (Lipinski definition) is 3. The summed E-state index contributed by atoms with van der Waals surface area (Å²) in [6.07, 6.45) is 5.08. The van der Waals surface area contributed by atoms with E-state index in [-0.39, 0.29) is 6.54 Å². The average Bonchev–Trinajstić information content (AvgIpc) is 2.53. The largest absolute Gasteiger partial charge is 0.481 e. The van der Waals surface area contributed by atoms with Gasteiger partial charge in [0.05, 0.1) is 7.11 Å². The molecule has 1 unspecified atom stereocenters. The lowest BCUT2D eigenvalue weighted by Crippen LogP contribution is -2.44. The third-order valence-electron chi connectivity index (χ3n) is 3.59. The van der Waals surface area contributed by atoms with Crippen molar-refractivity contribution in [3.63, 3.8) is 0 Å². The van der Waals surface area contributed by atoms with E-state index in [2.05, 4.69) is 10.1 Å². The van der Waals surface area contributed by atoms with Gasteiger partial charge in [-0.05, 0) is 17.6 Å². The molecule has 1 aliphatic rings. The second-order valence-electron chi connectivity index (χ2n) is 4.81. The van der Waals surface area contributed by atoms with E-state index >= 15 is 0 Å². The van der Waals surface area contributed by atoms with E-state index in [0.717, 1.165) is 5.56 Å². The molecule has 0 aromatic heterocycles. The maximum atomic E-state index is 11.9. The molecule has 0 spiro atoms. The molecule has 0 saturated heterocycles. The highest BCUT2D eigenvalue weighted by Gasteiger charge is 2.43. The molecule has 5 heteroatoms. The lowest BCUT2D eigenvalue weighted by molar-refractivity contribution is -0.145. The van der Waals surface area contributed by atoms with Crippen LogP contribution in [0.5, 0.6) is 0 Å². The van der Waals surface area contributed by atoms with Crippen LogP contribution < -0.4 is 5.32 Å². The van der Waals surface area contributed by atoms with Crippen LogP contribution in [-0.2, 0) is 9.53 Å². The molecule has 110 valence electrons. The quantitative estimate of drug-likeness (QED) is 0.892. The molecule has 21 heavy (non-hydrogen) atoms. The molecule has 0 radical (unpaired) electrons. The van der Waals surface area contributed by atoms with Crippen molar-refractivity contribution in [1.82, 2.24) is 5.32 Å². The van der Waals surface area contributed by atoms with Crippen molar-refractivity contribution >= 4 is 17.6 Å². The molecule has 0 saturated carbocycles. The van der Waals surface area contributed by atoms with Crippen LogP contribution in [0.3, 0.4) is 0 Å². The predicted molar refractivity (Wildman–Crippen MR) is 78.7 cm³/mol. The Hall–Kier alpha value is -2.56. The highest BCUT2D eigenvalue weighted by atomic mass is 16.5. The van der Waals surface area contributed by atoms with Crippen LogP contribution in [-0.4, -0.2) is 30.8 Å². The molecule has 0 aliphatic heterocycles. The Bertz CT molecular complexity index is 592. The number of carboxylic acids is 1. The van der Waals surface area contributed by atoms with E-state index in [1.807, 2.05) is 36.4 Å². The molecule has 1 aromatic carbocycles.